The first-order valence-electron chi connectivity index (χ1n) is 6.12. The zero-order chi connectivity index (χ0) is 15.1. The Labute approximate surface area is 123 Å². The average Bonchev–Trinajstić information content (AvgIpc) is 2.99. The van der Waals surface area contributed by atoms with Gasteiger partial charge in [0.15, 0.2) is 6.23 Å². The minimum Gasteiger partial charge on any atom is -0.394 e. The minimum atomic E-state index is -1.27. The molecule has 1 aliphatic heterocycles. The van der Waals surface area contributed by atoms with Gasteiger partial charge in [-0.3, -0.25) is 0 Å². The molecule has 0 bridgehead atoms. The van der Waals surface area contributed by atoms with Gasteiger partial charge in [0.2, 0.25) is 0 Å². The van der Waals surface area contributed by atoms with E-state index in [9.17, 15) is 10.2 Å². The van der Waals surface area contributed by atoms with E-state index in [1.807, 2.05) is 6.07 Å². The zero-order valence-electron chi connectivity index (χ0n) is 10.6. The highest BCUT2D eigenvalue weighted by Gasteiger charge is 2.44. The summed E-state index contributed by atoms with van der Waals surface area (Å²) in [6.07, 6.45) is -1.74. The number of fused-ring (bicyclic) bond motifs is 1. The molecule has 0 spiro atoms. The van der Waals surface area contributed by atoms with Crippen molar-refractivity contribution in [1.82, 2.24) is 14.5 Å². The van der Waals surface area contributed by atoms with Crippen LogP contribution in [0.15, 0.2) is 12.5 Å². The van der Waals surface area contributed by atoms with Gasteiger partial charge in [0, 0.05) is 6.20 Å². The van der Waals surface area contributed by atoms with E-state index in [1.165, 1.54) is 17.1 Å². The molecule has 3 N–H and O–H groups in total. The second-order valence-corrected chi connectivity index (χ2v) is 5.01. The smallest absolute Gasteiger partial charge is 0.164 e. The normalized spacial score (nSPS) is 28.9. The molecule has 0 aliphatic carbocycles. The van der Waals surface area contributed by atoms with E-state index < -0.39 is 31.1 Å². The number of hydrogen-bond acceptors (Lipinski definition) is 7. The molecule has 0 amide bonds. The van der Waals surface area contributed by atoms with Crippen LogP contribution in [0.4, 0.5) is 0 Å². The van der Waals surface area contributed by atoms with Crippen molar-refractivity contribution in [3.05, 3.63) is 23.2 Å². The van der Waals surface area contributed by atoms with Crippen molar-refractivity contribution < 1.29 is 20.1 Å². The topological polar surface area (TPSA) is 124 Å². The Morgan fingerprint density at radius 2 is 2.14 bits per heavy atom. The molecule has 4 atom stereocenters. The second kappa shape index (κ2) is 5.22. The van der Waals surface area contributed by atoms with Crippen LogP contribution in [0.1, 0.15) is 11.8 Å². The summed E-state index contributed by atoms with van der Waals surface area (Å²) in [7, 11) is 0. The van der Waals surface area contributed by atoms with Crippen LogP contribution in [-0.2, 0) is 4.74 Å². The Bertz CT molecular complexity index is 728. The maximum atomic E-state index is 10.1. The van der Waals surface area contributed by atoms with Crippen LogP contribution in [0, 0.1) is 11.3 Å². The van der Waals surface area contributed by atoms with E-state index in [0.717, 1.165) is 0 Å². The van der Waals surface area contributed by atoms with Crippen molar-refractivity contribution in [3.63, 3.8) is 0 Å². The van der Waals surface area contributed by atoms with Crippen molar-refractivity contribution >= 4 is 22.6 Å². The summed E-state index contributed by atoms with van der Waals surface area (Å²) in [5.74, 6) is 0. The minimum absolute atomic E-state index is 0.113. The first-order valence-corrected chi connectivity index (χ1v) is 6.50. The number of ether oxygens (including phenoxy) is 1. The van der Waals surface area contributed by atoms with Gasteiger partial charge in [0.25, 0.3) is 0 Å². The van der Waals surface area contributed by atoms with Crippen LogP contribution < -0.4 is 0 Å². The van der Waals surface area contributed by atoms with Gasteiger partial charge in [0.1, 0.15) is 41.5 Å². The predicted molar refractivity (Wildman–Crippen MR) is 70.3 cm³/mol. The standard InChI is InChI=1S/C12H11ClN4O4/c13-10-7-5(1-14)2-17(11(7)16-4-15-10)12-9(20)8(19)6(3-18)21-12/h2,4,6,8-9,12,18-20H,3H2. The first kappa shape index (κ1) is 14.2. The molecule has 4 unspecified atom stereocenters. The average molecular weight is 311 g/mol. The van der Waals surface area contributed by atoms with Crippen molar-refractivity contribution in [2.45, 2.75) is 24.5 Å². The van der Waals surface area contributed by atoms with Crippen LogP contribution in [0.3, 0.4) is 0 Å². The molecular weight excluding hydrogens is 300 g/mol. The summed E-state index contributed by atoms with van der Waals surface area (Å²) in [6.45, 7) is -0.436. The van der Waals surface area contributed by atoms with Gasteiger partial charge < -0.3 is 24.6 Å². The summed E-state index contributed by atoms with van der Waals surface area (Å²) >= 11 is 5.97. The monoisotopic (exact) mass is 310 g/mol. The first-order chi connectivity index (χ1) is 10.1. The van der Waals surface area contributed by atoms with Crippen LogP contribution >= 0.6 is 11.6 Å². The molecule has 3 heterocycles. The van der Waals surface area contributed by atoms with Gasteiger partial charge in [-0.25, -0.2) is 9.97 Å². The molecule has 2 aromatic rings. The SMILES string of the molecule is N#Cc1cn(C2OC(CO)C(O)C2O)c2ncnc(Cl)c12. The summed E-state index contributed by atoms with van der Waals surface area (Å²) in [4.78, 5) is 7.86. The quantitative estimate of drug-likeness (QED) is 0.643. The molecule has 0 radical (unpaired) electrons. The lowest BCUT2D eigenvalue weighted by Crippen LogP contribution is -2.33. The third kappa shape index (κ3) is 2.07. The fraction of sp³-hybridized carbons (Fsp3) is 0.417. The van der Waals surface area contributed by atoms with Gasteiger partial charge in [-0.2, -0.15) is 5.26 Å². The van der Waals surface area contributed by atoms with Crippen LogP contribution in [0.25, 0.3) is 11.0 Å². The van der Waals surface area contributed by atoms with Gasteiger partial charge in [-0.15, -0.1) is 0 Å². The third-order valence-corrected chi connectivity index (χ3v) is 3.76. The van der Waals surface area contributed by atoms with Gasteiger partial charge >= 0.3 is 0 Å². The van der Waals surface area contributed by atoms with Crippen molar-refractivity contribution in [3.8, 4) is 6.07 Å². The predicted octanol–water partition coefficient (Wildman–Crippen LogP) is -0.432. The van der Waals surface area contributed by atoms with Crippen LogP contribution in [0.5, 0.6) is 0 Å². The molecule has 1 aliphatic rings. The zero-order valence-corrected chi connectivity index (χ0v) is 11.3. The van der Waals surface area contributed by atoms with E-state index in [1.54, 1.807) is 0 Å². The van der Waals surface area contributed by atoms with Crippen LogP contribution in [-0.4, -0.2) is 54.8 Å². The molecule has 1 saturated heterocycles. The summed E-state index contributed by atoms with van der Waals surface area (Å²) in [5.41, 5.74) is 0.537. The fourth-order valence-corrected chi connectivity index (χ4v) is 2.67. The number of nitriles is 1. The number of nitrogens with zero attached hydrogens (tertiary/aromatic N) is 4. The molecule has 3 rings (SSSR count). The largest absolute Gasteiger partial charge is 0.394 e. The van der Waals surface area contributed by atoms with E-state index in [-0.39, 0.29) is 10.7 Å². The summed E-state index contributed by atoms with van der Waals surface area (Å²) < 4.78 is 6.83. The number of aromatic nitrogens is 3. The van der Waals surface area contributed by atoms with Crippen molar-refractivity contribution in [1.29, 1.82) is 5.26 Å². The lowest BCUT2D eigenvalue weighted by Gasteiger charge is -2.17. The Hall–Kier alpha value is -1.76. The maximum absolute atomic E-state index is 10.1. The number of aliphatic hydroxyl groups excluding tert-OH is 3. The molecule has 1 fully saturated rings. The number of halogens is 1. The highest BCUT2D eigenvalue weighted by molar-refractivity contribution is 6.34. The number of rotatable bonds is 2. The molecular formula is C12H11ClN4O4. The molecule has 8 nitrogen and oxygen atoms in total. The molecule has 9 heteroatoms. The van der Waals surface area contributed by atoms with Gasteiger partial charge in [-0.1, -0.05) is 11.6 Å². The highest BCUT2D eigenvalue weighted by Crippen LogP contribution is 2.34. The summed E-state index contributed by atoms with van der Waals surface area (Å²) in [5, 5.41) is 38.6. The maximum Gasteiger partial charge on any atom is 0.164 e. The Balaban J connectivity index is 2.14. The van der Waals surface area contributed by atoms with E-state index in [2.05, 4.69) is 9.97 Å². The fourth-order valence-electron chi connectivity index (χ4n) is 2.44. The molecule has 110 valence electrons. The van der Waals surface area contributed by atoms with E-state index in [0.29, 0.717) is 11.0 Å². The van der Waals surface area contributed by atoms with E-state index >= 15 is 0 Å². The van der Waals surface area contributed by atoms with Crippen molar-refractivity contribution in [2.75, 3.05) is 6.61 Å². The third-order valence-electron chi connectivity index (χ3n) is 3.47. The van der Waals surface area contributed by atoms with Gasteiger partial charge in [0.05, 0.1) is 17.6 Å². The Kier molecular flexibility index (Phi) is 3.52. The summed E-state index contributed by atoms with van der Waals surface area (Å²) in [6, 6.07) is 1.97. The van der Waals surface area contributed by atoms with Gasteiger partial charge in [-0.05, 0) is 0 Å². The second-order valence-electron chi connectivity index (χ2n) is 4.65. The Morgan fingerprint density at radius 3 is 2.76 bits per heavy atom. The van der Waals surface area contributed by atoms with E-state index in [4.69, 9.17) is 26.7 Å². The lowest BCUT2D eigenvalue weighted by molar-refractivity contribution is -0.0508. The number of hydrogen-bond donors (Lipinski definition) is 3. The molecule has 0 aromatic carbocycles. The molecule has 2 aromatic heterocycles. The number of aliphatic hydroxyl groups is 3. The molecule has 21 heavy (non-hydrogen) atoms. The van der Waals surface area contributed by atoms with Crippen LogP contribution in [0.2, 0.25) is 5.15 Å². The Morgan fingerprint density at radius 1 is 1.38 bits per heavy atom. The molecule has 0 saturated carbocycles. The highest BCUT2D eigenvalue weighted by atomic mass is 35.5. The lowest BCUT2D eigenvalue weighted by atomic mass is 10.1. The van der Waals surface area contributed by atoms with Crippen molar-refractivity contribution in [2.24, 2.45) is 0 Å².